The molecule has 0 bridgehead atoms. The van der Waals surface area contributed by atoms with Crippen molar-refractivity contribution in [3.05, 3.63) is 17.0 Å². The molecular formula is C16H26N4O2. The topological polar surface area (TPSA) is 72.5 Å². The lowest BCUT2D eigenvalue weighted by Crippen LogP contribution is -2.41. The predicted octanol–water partition coefficient (Wildman–Crippen LogP) is 0.627. The summed E-state index contributed by atoms with van der Waals surface area (Å²) in [6.45, 7) is 7.20. The van der Waals surface area contributed by atoms with E-state index in [1.54, 1.807) is 0 Å². The monoisotopic (exact) mass is 306 g/mol. The summed E-state index contributed by atoms with van der Waals surface area (Å²) in [4.78, 5) is 16.6. The Morgan fingerprint density at radius 2 is 2.05 bits per heavy atom. The third kappa shape index (κ3) is 3.03. The summed E-state index contributed by atoms with van der Waals surface area (Å²) >= 11 is 0. The molecule has 2 aliphatic heterocycles. The van der Waals surface area contributed by atoms with E-state index in [1.165, 1.54) is 12.8 Å². The number of carbonyl (C=O) groups is 1. The number of rotatable bonds is 4. The summed E-state index contributed by atoms with van der Waals surface area (Å²) in [6.07, 6.45) is 3.21. The maximum atomic E-state index is 12.4. The Hall–Kier alpha value is -1.40. The predicted molar refractivity (Wildman–Crippen MR) is 83.6 cm³/mol. The maximum absolute atomic E-state index is 12.4. The van der Waals surface area contributed by atoms with E-state index in [0.717, 1.165) is 30.0 Å². The van der Waals surface area contributed by atoms with Crippen LogP contribution in [0.4, 0.5) is 0 Å². The molecule has 1 amide bonds. The number of hydrogen-bond acceptors (Lipinski definition) is 4. The number of hydrogen-bond donors (Lipinski definition) is 2. The second-order valence-electron chi connectivity index (χ2n) is 6.59. The van der Waals surface area contributed by atoms with Gasteiger partial charge in [0.1, 0.15) is 0 Å². The molecule has 2 aliphatic rings. The first-order valence-corrected chi connectivity index (χ1v) is 8.26. The van der Waals surface area contributed by atoms with E-state index in [1.807, 2.05) is 18.7 Å². The van der Waals surface area contributed by atoms with Crippen molar-refractivity contribution in [1.29, 1.82) is 0 Å². The molecule has 2 N–H and O–H groups in total. The van der Waals surface area contributed by atoms with Crippen molar-refractivity contribution in [2.75, 3.05) is 26.2 Å². The van der Waals surface area contributed by atoms with Crippen LogP contribution in [0.2, 0.25) is 0 Å². The molecule has 0 aromatic carbocycles. The van der Waals surface area contributed by atoms with Gasteiger partial charge >= 0.3 is 0 Å². The lowest BCUT2D eigenvalue weighted by molar-refractivity contribution is -0.130. The molecule has 2 atom stereocenters. The van der Waals surface area contributed by atoms with Crippen molar-refractivity contribution in [3.8, 4) is 0 Å². The minimum absolute atomic E-state index is 0.129. The fraction of sp³-hybridized carbons (Fsp3) is 0.750. The molecule has 6 heteroatoms. The number of aromatic nitrogens is 2. The molecule has 3 rings (SSSR count). The highest BCUT2D eigenvalue weighted by atomic mass is 16.3. The number of H-pyrrole nitrogens is 1. The molecule has 22 heavy (non-hydrogen) atoms. The Kier molecular flexibility index (Phi) is 4.49. The fourth-order valence-corrected chi connectivity index (χ4v) is 3.74. The van der Waals surface area contributed by atoms with Crippen LogP contribution in [0.15, 0.2) is 0 Å². The maximum Gasteiger partial charge on any atom is 0.223 e. The van der Waals surface area contributed by atoms with E-state index >= 15 is 0 Å². The molecule has 122 valence electrons. The number of aryl methyl sites for hydroxylation is 2. The molecule has 1 aromatic rings. The normalized spacial score (nSPS) is 26.0. The zero-order valence-electron chi connectivity index (χ0n) is 13.5. The van der Waals surface area contributed by atoms with Crippen LogP contribution in [0.5, 0.6) is 0 Å². The highest BCUT2D eigenvalue weighted by molar-refractivity contribution is 5.77. The number of amides is 1. The number of nitrogens with zero attached hydrogens (tertiary/aromatic N) is 3. The van der Waals surface area contributed by atoms with E-state index in [0.29, 0.717) is 25.9 Å². The van der Waals surface area contributed by atoms with Gasteiger partial charge in [0.05, 0.1) is 17.8 Å². The van der Waals surface area contributed by atoms with Crippen LogP contribution >= 0.6 is 0 Å². The average molecular weight is 306 g/mol. The van der Waals surface area contributed by atoms with Gasteiger partial charge in [0.25, 0.3) is 0 Å². The van der Waals surface area contributed by atoms with Gasteiger partial charge in [0.2, 0.25) is 5.91 Å². The molecule has 3 heterocycles. The number of β-amino-alcohol motifs (C(OH)–C–C–N with tert-alkyl or cyclic N) is 1. The van der Waals surface area contributed by atoms with E-state index in [4.69, 9.17) is 0 Å². The standard InChI is InChI=1S/C16H26N4O2/c1-11-13(12(2)18-17-11)5-6-16(22)20-9-14(15(21)10-20)19-7-3-4-8-19/h14-15,21H,3-10H2,1-2H3,(H,17,18)/t14-,15-/m1/s1. The largest absolute Gasteiger partial charge is 0.390 e. The third-order valence-electron chi connectivity index (χ3n) is 5.09. The van der Waals surface area contributed by atoms with Gasteiger partial charge < -0.3 is 10.0 Å². The molecule has 0 radical (unpaired) electrons. The van der Waals surface area contributed by atoms with Gasteiger partial charge in [-0.1, -0.05) is 0 Å². The van der Waals surface area contributed by atoms with E-state index in [2.05, 4.69) is 15.1 Å². The summed E-state index contributed by atoms with van der Waals surface area (Å²) in [5.41, 5.74) is 3.16. The van der Waals surface area contributed by atoms with Crippen LogP contribution < -0.4 is 0 Å². The van der Waals surface area contributed by atoms with Crippen molar-refractivity contribution in [2.45, 2.75) is 51.7 Å². The van der Waals surface area contributed by atoms with Crippen LogP contribution in [-0.2, 0) is 11.2 Å². The Morgan fingerprint density at radius 1 is 1.32 bits per heavy atom. The average Bonchev–Trinajstić information content (AvgIpc) is 3.19. The van der Waals surface area contributed by atoms with Crippen molar-refractivity contribution in [1.82, 2.24) is 20.0 Å². The van der Waals surface area contributed by atoms with E-state index in [-0.39, 0.29) is 11.9 Å². The van der Waals surface area contributed by atoms with Crippen LogP contribution in [0.3, 0.4) is 0 Å². The zero-order chi connectivity index (χ0) is 15.7. The Balaban J connectivity index is 1.55. The first-order chi connectivity index (χ1) is 10.6. The number of nitrogens with one attached hydrogen (secondary N) is 1. The number of aromatic amines is 1. The van der Waals surface area contributed by atoms with Crippen molar-refractivity contribution >= 4 is 5.91 Å². The SMILES string of the molecule is Cc1n[nH]c(C)c1CCC(=O)N1C[C@@H](O)[C@H](N2CCCC2)C1. The van der Waals surface area contributed by atoms with Crippen LogP contribution in [0, 0.1) is 13.8 Å². The van der Waals surface area contributed by atoms with Gasteiger partial charge in [-0.05, 0) is 51.8 Å². The zero-order valence-corrected chi connectivity index (χ0v) is 13.5. The summed E-state index contributed by atoms with van der Waals surface area (Å²) in [7, 11) is 0. The molecular weight excluding hydrogens is 280 g/mol. The molecule has 0 aliphatic carbocycles. The van der Waals surface area contributed by atoms with Crippen LogP contribution in [0.25, 0.3) is 0 Å². The smallest absolute Gasteiger partial charge is 0.223 e. The first-order valence-electron chi connectivity index (χ1n) is 8.26. The minimum Gasteiger partial charge on any atom is -0.390 e. The summed E-state index contributed by atoms with van der Waals surface area (Å²) in [5.74, 6) is 0.140. The van der Waals surface area contributed by atoms with Crippen molar-refractivity contribution in [3.63, 3.8) is 0 Å². The van der Waals surface area contributed by atoms with Crippen molar-refractivity contribution < 1.29 is 9.90 Å². The second kappa shape index (κ2) is 6.38. The van der Waals surface area contributed by atoms with E-state index in [9.17, 15) is 9.90 Å². The summed E-state index contributed by atoms with van der Waals surface area (Å²) in [6, 6.07) is 0.129. The van der Waals surface area contributed by atoms with Gasteiger partial charge in [0.15, 0.2) is 0 Å². The molecule has 1 aromatic heterocycles. The number of aliphatic hydroxyl groups excluding tert-OH is 1. The third-order valence-corrected chi connectivity index (χ3v) is 5.09. The van der Waals surface area contributed by atoms with E-state index < -0.39 is 6.10 Å². The van der Waals surface area contributed by atoms with Gasteiger partial charge in [0, 0.05) is 25.2 Å². The van der Waals surface area contributed by atoms with Crippen LogP contribution in [-0.4, -0.2) is 69.3 Å². The fourth-order valence-electron chi connectivity index (χ4n) is 3.74. The van der Waals surface area contributed by atoms with Gasteiger partial charge in [-0.3, -0.25) is 14.8 Å². The Morgan fingerprint density at radius 3 is 2.68 bits per heavy atom. The Labute approximate surface area is 131 Å². The lowest BCUT2D eigenvalue weighted by atomic mass is 10.1. The van der Waals surface area contributed by atoms with Gasteiger partial charge in [-0.15, -0.1) is 0 Å². The molecule has 0 spiro atoms. The van der Waals surface area contributed by atoms with Gasteiger partial charge in [-0.2, -0.15) is 5.10 Å². The molecule has 0 saturated carbocycles. The highest BCUT2D eigenvalue weighted by Gasteiger charge is 2.38. The summed E-state index contributed by atoms with van der Waals surface area (Å²) in [5, 5.41) is 17.4. The number of carbonyl (C=O) groups excluding carboxylic acids is 1. The molecule has 6 nitrogen and oxygen atoms in total. The lowest BCUT2D eigenvalue weighted by Gasteiger charge is -2.25. The number of aliphatic hydroxyl groups is 1. The highest BCUT2D eigenvalue weighted by Crippen LogP contribution is 2.22. The van der Waals surface area contributed by atoms with Gasteiger partial charge in [-0.25, -0.2) is 0 Å². The van der Waals surface area contributed by atoms with Crippen molar-refractivity contribution in [2.24, 2.45) is 0 Å². The quantitative estimate of drug-likeness (QED) is 0.856. The second-order valence-corrected chi connectivity index (χ2v) is 6.59. The Bertz CT molecular complexity index is 517. The minimum atomic E-state index is -0.403. The summed E-state index contributed by atoms with van der Waals surface area (Å²) < 4.78 is 0. The number of likely N-dealkylation sites (tertiary alicyclic amines) is 2. The molecule has 2 fully saturated rings. The first kappa shape index (κ1) is 15.5. The molecule has 0 unspecified atom stereocenters. The van der Waals surface area contributed by atoms with Crippen LogP contribution in [0.1, 0.15) is 36.2 Å². The molecule has 2 saturated heterocycles.